The number of likely N-dealkylation sites (tertiary alicyclic amines) is 1. The highest BCUT2D eigenvalue weighted by Gasteiger charge is 2.41. The summed E-state index contributed by atoms with van der Waals surface area (Å²) in [6.45, 7) is 1.85. The lowest BCUT2D eigenvalue weighted by atomic mass is 10.2. The molecule has 0 N–H and O–H groups in total. The first kappa shape index (κ1) is 25.8. The van der Waals surface area contributed by atoms with E-state index in [0.29, 0.717) is 16.1 Å². The van der Waals surface area contributed by atoms with Crippen molar-refractivity contribution < 1.29 is 33.5 Å². The van der Waals surface area contributed by atoms with E-state index in [0.717, 1.165) is 0 Å². The molecule has 3 aromatic rings. The first-order valence-electron chi connectivity index (χ1n) is 11.4. The topological polar surface area (TPSA) is 138 Å². The number of carbonyl (C=O) groups excluding carboxylic acids is 3. The Morgan fingerprint density at radius 2 is 1.81 bits per heavy atom. The number of nitro benzene ring substituents is 1. The number of benzene rings is 2. The Morgan fingerprint density at radius 3 is 2.49 bits per heavy atom. The highest BCUT2D eigenvalue weighted by atomic mass is 32.1. The van der Waals surface area contributed by atoms with Crippen molar-refractivity contribution in [3.05, 3.63) is 91.9 Å². The van der Waals surface area contributed by atoms with Crippen molar-refractivity contribution in [1.29, 1.82) is 0 Å². The quantitative estimate of drug-likeness (QED) is 0.180. The lowest BCUT2D eigenvalue weighted by molar-refractivity contribution is -0.384. The second-order valence-electron chi connectivity index (χ2n) is 8.07. The fourth-order valence-corrected chi connectivity index (χ4v) is 4.71. The molecule has 37 heavy (non-hydrogen) atoms. The highest BCUT2D eigenvalue weighted by Crippen LogP contribution is 2.36. The van der Waals surface area contributed by atoms with Crippen LogP contribution >= 0.6 is 11.3 Å². The first-order chi connectivity index (χ1) is 17.9. The molecule has 2 atom stereocenters. The van der Waals surface area contributed by atoms with E-state index >= 15 is 0 Å². The molecule has 1 aromatic heterocycles. The summed E-state index contributed by atoms with van der Waals surface area (Å²) in [5, 5.41) is 12.9. The summed E-state index contributed by atoms with van der Waals surface area (Å²) < 4.78 is 16.1. The van der Waals surface area contributed by atoms with E-state index in [1.807, 2.05) is 0 Å². The smallest absolute Gasteiger partial charge is 0.410 e. The predicted octanol–water partition coefficient (Wildman–Crippen LogP) is 4.54. The molecule has 4 rings (SSSR count). The third kappa shape index (κ3) is 6.28. The summed E-state index contributed by atoms with van der Waals surface area (Å²) in [6, 6.07) is 13.6. The molecule has 1 aliphatic rings. The summed E-state index contributed by atoms with van der Waals surface area (Å²) >= 11 is 1.19. The average molecular weight is 526 g/mol. The zero-order chi connectivity index (χ0) is 26.4. The molecule has 0 bridgehead atoms. The molecular formula is C25H23N3O8S. The van der Waals surface area contributed by atoms with E-state index < -0.39 is 35.1 Å². The number of nitro groups is 1. The van der Waals surface area contributed by atoms with Crippen LogP contribution in [0.15, 0.2) is 60.0 Å². The number of hydrogen-bond donors (Lipinski definition) is 0. The van der Waals surface area contributed by atoms with Gasteiger partial charge in [-0.05, 0) is 36.8 Å². The van der Waals surface area contributed by atoms with Gasteiger partial charge in [-0.25, -0.2) is 19.4 Å². The van der Waals surface area contributed by atoms with Gasteiger partial charge in [-0.1, -0.05) is 18.2 Å². The molecule has 2 aromatic carbocycles. The number of esters is 2. The summed E-state index contributed by atoms with van der Waals surface area (Å²) in [5.41, 5.74) is 1.02. The molecule has 0 saturated carbocycles. The van der Waals surface area contributed by atoms with Crippen LogP contribution in [0.5, 0.6) is 0 Å². The molecule has 2 heterocycles. The van der Waals surface area contributed by atoms with Gasteiger partial charge in [-0.3, -0.25) is 15.0 Å². The molecular weight excluding hydrogens is 502 g/mol. The van der Waals surface area contributed by atoms with Gasteiger partial charge in [0.25, 0.3) is 5.69 Å². The number of rotatable bonds is 8. The minimum Gasteiger partial charge on any atom is -0.461 e. The van der Waals surface area contributed by atoms with Gasteiger partial charge in [0.15, 0.2) is 5.69 Å². The minimum absolute atomic E-state index is 0.0661. The fourth-order valence-electron chi connectivity index (χ4n) is 3.79. The zero-order valence-electron chi connectivity index (χ0n) is 19.8. The Kier molecular flexibility index (Phi) is 8.08. The third-order valence-electron chi connectivity index (χ3n) is 5.58. The van der Waals surface area contributed by atoms with Gasteiger partial charge in [0, 0.05) is 23.9 Å². The number of carbonyl (C=O) groups is 3. The lowest BCUT2D eigenvalue weighted by Gasteiger charge is -2.22. The maximum atomic E-state index is 13.1. The van der Waals surface area contributed by atoms with Crippen LogP contribution < -0.4 is 0 Å². The van der Waals surface area contributed by atoms with E-state index in [-0.39, 0.29) is 37.6 Å². The number of nitrogens with zero attached hydrogens (tertiary/aromatic N) is 3. The SMILES string of the molecule is CCOC(=O)c1csc([C@@H]2C[C@@H](OC(=O)c3ccccc3)CN2C(=O)OCc2ccc([N+](=O)[O-])cc2)n1. The van der Waals surface area contributed by atoms with Gasteiger partial charge in [0.05, 0.1) is 29.7 Å². The van der Waals surface area contributed by atoms with Crippen LogP contribution in [-0.4, -0.2) is 52.1 Å². The van der Waals surface area contributed by atoms with Gasteiger partial charge in [0.1, 0.15) is 17.7 Å². The maximum Gasteiger partial charge on any atom is 0.410 e. The zero-order valence-corrected chi connectivity index (χ0v) is 20.6. The summed E-state index contributed by atoms with van der Waals surface area (Å²) in [5.74, 6) is -1.08. The van der Waals surface area contributed by atoms with E-state index in [2.05, 4.69) is 4.98 Å². The summed E-state index contributed by atoms with van der Waals surface area (Å²) in [6.07, 6.45) is -1.03. The standard InChI is InChI=1S/C25H23N3O8S/c1-2-34-24(30)20-15-37-22(26-20)21-12-19(36-23(29)17-6-4-3-5-7-17)13-27(21)25(31)35-14-16-8-10-18(11-9-16)28(32)33/h3-11,15,19,21H,2,12-14H2,1H3/t19-,21+/m1/s1. The molecule has 11 nitrogen and oxygen atoms in total. The van der Waals surface area contributed by atoms with E-state index in [9.17, 15) is 24.5 Å². The molecule has 0 aliphatic carbocycles. The second kappa shape index (κ2) is 11.6. The van der Waals surface area contributed by atoms with Crippen LogP contribution in [-0.2, 0) is 20.8 Å². The molecule has 1 aliphatic heterocycles. The highest BCUT2D eigenvalue weighted by molar-refractivity contribution is 7.09. The van der Waals surface area contributed by atoms with Gasteiger partial charge in [0.2, 0.25) is 0 Å². The van der Waals surface area contributed by atoms with Crippen molar-refractivity contribution in [1.82, 2.24) is 9.88 Å². The molecule has 1 fully saturated rings. The predicted molar refractivity (Wildman–Crippen MR) is 131 cm³/mol. The van der Waals surface area contributed by atoms with Crippen molar-refractivity contribution in [3.8, 4) is 0 Å². The number of non-ortho nitro benzene ring substituents is 1. The van der Waals surface area contributed by atoms with Crippen molar-refractivity contribution in [2.24, 2.45) is 0 Å². The van der Waals surface area contributed by atoms with Gasteiger partial charge >= 0.3 is 18.0 Å². The summed E-state index contributed by atoms with van der Waals surface area (Å²) in [4.78, 5) is 53.8. The molecule has 0 radical (unpaired) electrons. The second-order valence-corrected chi connectivity index (χ2v) is 8.96. The molecule has 0 unspecified atom stereocenters. The maximum absolute atomic E-state index is 13.1. The molecule has 1 saturated heterocycles. The Bertz CT molecular complexity index is 1280. The van der Waals surface area contributed by atoms with Gasteiger partial charge in [-0.2, -0.15) is 0 Å². The van der Waals surface area contributed by atoms with Crippen molar-refractivity contribution >= 4 is 35.1 Å². The molecule has 12 heteroatoms. The van der Waals surface area contributed by atoms with Crippen LogP contribution in [0, 0.1) is 10.1 Å². The molecule has 1 amide bonds. The number of thiazole rings is 1. The number of aromatic nitrogens is 1. The molecule has 0 spiro atoms. The lowest BCUT2D eigenvalue weighted by Crippen LogP contribution is -2.33. The number of ether oxygens (including phenoxy) is 3. The largest absolute Gasteiger partial charge is 0.461 e. The van der Waals surface area contributed by atoms with Crippen LogP contribution in [0.2, 0.25) is 0 Å². The normalized spacial score (nSPS) is 16.7. The Labute approximate surface area is 215 Å². The third-order valence-corrected chi connectivity index (χ3v) is 6.53. The Morgan fingerprint density at radius 1 is 1.08 bits per heavy atom. The van der Waals surface area contributed by atoms with E-state index in [1.165, 1.54) is 40.5 Å². The number of amides is 1. The molecule has 192 valence electrons. The first-order valence-corrected chi connectivity index (χ1v) is 12.3. The van der Waals surface area contributed by atoms with Crippen molar-refractivity contribution in [2.75, 3.05) is 13.2 Å². The van der Waals surface area contributed by atoms with Crippen LogP contribution in [0.4, 0.5) is 10.5 Å². The van der Waals surface area contributed by atoms with E-state index in [1.54, 1.807) is 42.6 Å². The van der Waals surface area contributed by atoms with Crippen molar-refractivity contribution in [3.63, 3.8) is 0 Å². The van der Waals surface area contributed by atoms with Crippen LogP contribution in [0.25, 0.3) is 0 Å². The van der Waals surface area contributed by atoms with Crippen molar-refractivity contribution in [2.45, 2.75) is 32.1 Å². The minimum atomic E-state index is -0.672. The van der Waals surface area contributed by atoms with Crippen LogP contribution in [0.3, 0.4) is 0 Å². The van der Waals surface area contributed by atoms with Crippen LogP contribution in [0.1, 0.15) is 50.8 Å². The van der Waals surface area contributed by atoms with Gasteiger partial charge in [-0.15, -0.1) is 11.3 Å². The van der Waals surface area contributed by atoms with E-state index in [4.69, 9.17) is 14.2 Å². The summed E-state index contributed by atoms with van der Waals surface area (Å²) in [7, 11) is 0. The fraction of sp³-hybridized carbons (Fsp3) is 0.280. The monoisotopic (exact) mass is 525 g/mol. The average Bonchev–Trinajstić information content (AvgIpc) is 3.56. The number of hydrogen-bond acceptors (Lipinski definition) is 10. The Hall–Kier alpha value is -4.32. The Balaban J connectivity index is 1.49. The van der Waals surface area contributed by atoms with Gasteiger partial charge < -0.3 is 14.2 Å².